The quantitative estimate of drug-likeness (QED) is 0.181. The van der Waals surface area contributed by atoms with Crippen LogP contribution in [-0.4, -0.2) is 11.3 Å². The van der Waals surface area contributed by atoms with Gasteiger partial charge in [0.1, 0.15) is 0 Å². The molecule has 0 saturated carbocycles. The second-order valence-electron chi connectivity index (χ2n) is 11.4. The molecule has 0 bridgehead atoms. The highest BCUT2D eigenvalue weighted by molar-refractivity contribution is 7.19. The van der Waals surface area contributed by atoms with Gasteiger partial charge in [0.2, 0.25) is 0 Å². The molecule has 3 nitrogen and oxygen atoms in total. The smallest absolute Gasteiger partial charge is 0.0858 e. The number of para-hydroxylation sites is 2. The Morgan fingerprint density at radius 1 is 0.711 bits per heavy atom. The number of allylic oxidation sites excluding steroid dienone is 4. The zero-order chi connectivity index (χ0) is 30.3. The van der Waals surface area contributed by atoms with Crippen LogP contribution in [0.2, 0.25) is 0 Å². The molecule has 0 unspecified atom stereocenters. The van der Waals surface area contributed by atoms with Gasteiger partial charge < -0.3 is 9.47 Å². The Kier molecular flexibility index (Phi) is 6.77. The molecule has 7 aromatic rings. The summed E-state index contributed by atoms with van der Waals surface area (Å²) in [4.78, 5) is 7.96. The largest absolute Gasteiger partial charge is 0.336 e. The van der Waals surface area contributed by atoms with Crippen molar-refractivity contribution in [3.8, 4) is 16.8 Å². The highest BCUT2D eigenvalue weighted by atomic mass is 32.1. The van der Waals surface area contributed by atoms with Crippen molar-refractivity contribution in [3.05, 3.63) is 162 Å². The lowest BCUT2D eigenvalue weighted by molar-refractivity contribution is 0.945. The van der Waals surface area contributed by atoms with Crippen molar-refractivity contribution in [1.82, 2.24) is 4.57 Å². The van der Waals surface area contributed by atoms with E-state index in [0.717, 1.165) is 28.9 Å². The Morgan fingerprint density at radius 2 is 1.44 bits per heavy atom. The topological polar surface area (TPSA) is 20.5 Å². The summed E-state index contributed by atoms with van der Waals surface area (Å²) < 4.78 is 3.58. The van der Waals surface area contributed by atoms with Crippen molar-refractivity contribution in [1.29, 1.82) is 0 Å². The molecule has 2 aromatic heterocycles. The number of thiophene rings is 1. The van der Waals surface area contributed by atoms with Crippen LogP contribution >= 0.6 is 11.3 Å². The number of rotatable bonds is 5. The van der Waals surface area contributed by atoms with E-state index < -0.39 is 0 Å². The van der Waals surface area contributed by atoms with Crippen LogP contribution in [0.1, 0.15) is 10.4 Å². The zero-order valence-electron chi connectivity index (χ0n) is 24.9. The van der Waals surface area contributed by atoms with Crippen molar-refractivity contribution in [2.75, 3.05) is 4.90 Å². The summed E-state index contributed by atoms with van der Waals surface area (Å²) in [5, 5.41) is 3.66. The maximum Gasteiger partial charge on any atom is 0.0858 e. The average Bonchev–Trinajstić information content (AvgIpc) is 3.63. The maximum atomic E-state index is 4.48. The fraction of sp³-hybridized carbons (Fsp3) is 0.0488. The Morgan fingerprint density at radius 3 is 2.31 bits per heavy atom. The van der Waals surface area contributed by atoms with Gasteiger partial charge in [0.15, 0.2) is 0 Å². The van der Waals surface area contributed by atoms with Gasteiger partial charge >= 0.3 is 0 Å². The van der Waals surface area contributed by atoms with Crippen LogP contribution < -0.4 is 4.90 Å². The molecule has 0 saturated heterocycles. The number of aliphatic imine (C=N–C) groups is 1. The van der Waals surface area contributed by atoms with E-state index in [1.54, 1.807) is 11.3 Å². The van der Waals surface area contributed by atoms with Gasteiger partial charge in [0.25, 0.3) is 0 Å². The second kappa shape index (κ2) is 11.2. The van der Waals surface area contributed by atoms with Crippen LogP contribution in [0.5, 0.6) is 0 Å². The standard InChI is InChI=1S/C41H31N3S/c1-28-13-5-3-6-14-31-25-29(21-23-36(31)43(28)27-40-41(42-2)34-18-10-12-20-39(34)45-40)30-22-24-38-35(26-30)33-17-9-11-19-37(33)44(38)32-15-7-4-8-16-32/h3-13,15-26H,1-2,14,27H2/b6-3-,13-5-. The molecule has 0 amide bonds. The third-order valence-corrected chi connectivity index (χ3v) is 9.85. The summed E-state index contributed by atoms with van der Waals surface area (Å²) in [6.07, 6.45) is 9.33. The first-order chi connectivity index (χ1) is 22.2. The minimum Gasteiger partial charge on any atom is -0.336 e. The average molecular weight is 598 g/mol. The summed E-state index contributed by atoms with van der Waals surface area (Å²) in [7, 11) is 0. The number of benzene rings is 5. The van der Waals surface area contributed by atoms with Crippen molar-refractivity contribution >= 4 is 61.3 Å². The molecule has 216 valence electrons. The molecule has 0 N–H and O–H groups in total. The Hall–Kier alpha value is -5.45. The molecule has 1 aliphatic heterocycles. The monoisotopic (exact) mass is 597 g/mol. The molecule has 0 spiro atoms. The number of hydrogen-bond acceptors (Lipinski definition) is 3. The molecule has 0 fully saturated rings. The van der Waals surface area contributed by atoms with Gasteiger partial charge in [-0.1, -0.05) is 91.5 Å². The van der Waals surface area contributed by atoms with E-state index in [-0.39, 0.29) is 0 Å². The predicted octanol–water partition coefficient (Wildman–Crippen LogP) is 11.2. The van der Waals surface area contributed by atoms with E-state index in [2.05, 4.69) is 167 Å². The van der Waals surface area contributed by atoms with E-state index in [1.807, 2.05) is 0 Å². The molecule has 0 aliphatic carbocycles. The fourth-order valence-electron chi connectivity index (χ4n) is 6.58. The first-order valence-corrected chi connectivity index (χ1v) is 16.0. The van der Waals surface area contributed by atoms with Crippen molar-refractivity contribution in [3.63, 3.8) is 0 Å². The Bertz CT molecular complexity index is 2320. The number of fused-ring (bicyclic) bond motifs is 5. The fourth-order valence-corrected chi connectivity index (χ4v) is 7.73. The van der Waals surface area contributed by atoms with Gasteiger partial charge in [-0.15, -0.1) is 11.3 Å². The number of hydrogen-bond donors (Lipinski definition) is 0. The molecule has 4 heteroatoms. The van der Waals surface area contributed by atoms with E-state index in [4.69, 9.17) is 0 Å². The van der Waals surface area contributed by atoms with Crippen molar-refractivity contribution < 1.29 is 0 Å². The number of nitrogens with zero attached hydrogens (tertiary/aromatic N) is 3. The summed E-state index contributed by atoms with van der Waals surface area (Å²) in [5.74, 6) is 0. The minimum absolute atomic E-state index is 0.675. The third-order valence-electron chi connectivity index (χ3n) is 8.71. The van der Waals surface area contributed by atoms with E-state index in [9.17, 15) is 0 Å². The predicted molar refractivity (Wildman–Crippen MR) is 195 cm³/mol. The van der Waals surface area contributed by atoms with Gasteiger partial charge in [-0.2, -0.15) is 0 Å². The Balaban J connectivity index is 1.23. The molecule has 1 aliphatic rings. The maximum absolute atomic E-state index is 4.48. The van der Waals surface area contributed by atoms with Crippen LogP contribution in [0, 0.1) is 0 Å². The lowest BCUT2D eigenvalue weighted by Gasteiger charge is -2.27. The van der Waals surface area contributed by atoms with Gasteiger partial charge in [0, 0.05) is 37.9 Å². The van der Waals surface area contributed by atoms with Crippen LogP contribution in [0.4, 0.5) is 11.4 Å². The highest BCUT2D eigenvalue weighted by Gasteiger charge is 2.20. The minimum atomic E-state index is 0.675. The lowest BCUT2D eigenvalue weighted by Crippen LogP contribution is -2.21. The molecule has 0 atom stereocenters. The molecule has 5 aromatic carbocycles. The van der Waals surface area contributed by atoms with Gasteiger partial charge in [-0.3, -0.25) is 4.99 Å². The van der Waals surface area contributed by atoms with Gasteiger partial charge in [0.05, 0.1) is 28.1 Å². The summed E-state index contributed by atoms with van der Waals surface area (Å²) in [5.41, 5.74) is 10.3. The summed E-state index contributed by atoms with van der Waals surface area (Å²) in [6.45, 7) is 9.06. The van der Waals surface area contributed by atoms with Crippen molar-refractivity contribution in [2.24, 2.45) is 4.99 Å². The Labute approximate surface area is 267 Å². The van der Waals surface area contributed by atoms with Gasteiger partial charge in [-0.25, -0.2) is 0 Å². The van der Waals surface area contributed by atoms with Crippen LogP contribution in [0.15, 0.2) is 157 Å². The molecular formula is C41H31N3S. The van der Waals surface area contributed by atoms with Crippen LogP contribution in [0.25, 0.3) is 48.7 Å². The van der Waals surface area contributed by atoms with E-state index in [1.165, 1.54) is 53.8 Å². The molecule has 3 heterocycles. The summed E-state index contributed by atoms with van der Waals surface area (Å²) in [6, 6.07) is 41.5. The summed E-state index contributed by atoms with van der Waals surface area (Å²) >= 11 is 1.78. The second-order valence-corrected chi connectivity index (χ2v) is 12.5. The first kappa shape index (κ1) is 27.1. The molecule has 0 radical (unpaired) electrons. The molecular weight excluding hydrogens is 567 g/mol. The van der Waals surface area contributed by atoms with Crippen LogP contribution in [-0.2, 0) is 13.0 Å². The molecule has 8 rings (SSSR count). The van der Waals surface area contributed by atoms with Gasteiger partial charge in [-0.05, 0) is 84.4 Å². The third kappa shape index (κ3) is 4.71. The first-order valence-electron chi connectivity index (χ1n) is 15.2. The van der Waals surface area contributed by atoms with Crippen LogP contribution in [0.3, 0.4) is 0 Å². The van der Waals surface area contributed by atoms with E-state index >= 15 is 0 Å². The van der Waals surface area contributed by atoms with Crippen molar-refractivity contribution in [2.45, 2.75) is 13.0 Å². The van der Waals surface area contributed by atoms with E-state index in [0.29, 0.717) is 6.54 Å². The number of aromatic nitrogens is 1. The number of anilines is 1. The zero-order valence-corrected chi connectivity index (χ0v) is 25.7. The highest BCUT2D eigenvalue weighted by Crippen LogP contribution is 2.41. The normalized spacial score (nSPS) is 14.7. The molecule has 45 heavy (non-hydrogen) atoms. The lowest BCUT2D eigenvalue weighted by atomic mass is 9.98. The SMILES string of the molecule is C=Nc1c(CN2C(=C)/C=C\C=C/Cc3cc(-c4ccc5c(c4)c4ccccc4n5-c4ccccc4)ccc32)sc2ccccc12.